The van der Waals surface area contributed by atoms with E-state index in [1.165, 1.54) is 21.8 Å². The first-order valence-electron chi connectivity index (χ1n) is 3.76. The van der Waals surface area contributed by atoms with Crippen molar-refractivity contribution in [3.8, 4) is 9.75 Å². The third-order valence-electron chi connectivity index (χ3n) is 1.71. The summed E-state index contributed by atoms with van der Waals surface area (Å²) in [7, 11) is 0. The number of carbonyl (C=O) groups is 1. The lowest BCUT2D eigenvalue weighted by atomic mass is 10.3. The van der Waals surface area contributed by atoms with Gasteiger partial charge < -0.3 is 0 Å². The van der Waals surface area contributed by atoms with Crippen molar-refractivity contribution in [2.45, 2.75) is 6.92 Å². The number of hydrogen-bond acceptors (Lipinski definition) is 4. The fourth-order valence-electron chi connectivity index (χ4n) is 1.07. The number of aromatic nitrogens is 1. The maximum atomic E-state index is 10.4. The van der Waals surface area contributed by atoms with Gasteiger partial charge in [-0.25, -0.2) is 4.98 Å². The van der Waals surface area contributed by atoms with Gasteiger partial charge in [0.15, 0.2) is 11.3 Å². The van der Waals surface area contributed by atoms with Crippen LogP contribution in [-0.2, 0) is 0 Å². The SMILES string of the molecule is Cc1ccsc1-c1cnc(C=O)s1. The fraction of sp³-hybridized carbons (Fsp3) is 0.111. The van der Waals surface area contributed by atoms with Gasteiger partial charge in [-0.1, -0.05) is 0 Å². The molecule has 2 aromatic heterocycles. The van der Waals surface area contributed by atoms with Crippen LogP contribution < -0.4 is 0 Å². The van der Waals surface area contributed by atoms with E-state index >= 15 is 0 Å². The Labute approximate surface area is 83.9 Å². The molecule has 4 heteroatoms. The number of thiazole rings is 1. The molecule has 0 aliphatic carbocycles. The molecule has 0 N–H and O–H groups in total. The van der Waals surface area contributed by atoms with Crippen molar-refractivity contribution >= 4 is 29.0 Å². The Morgan fingerprint density at radius 3 is 2.92 bits per heavy atom. The Balaban J connectivity index is 2.46. The van der Waals surface area contributed by atoms with E-state index in [-0.39, 0.29) is 0 Å². The molecule has 0 fully saturated rings. The van der Waals surface area contributed by atoms with E-state index in [1.54, 1.807) is 17.5 Å². The summed E-state index contributed by atoms with van der Waals surface area (Å²) in [5.74, 6) is 0. The summed E-state index contributed by atoms with van der Waals surface area (Å²) >= 11 is 3.12. The largest absolute Gasteiger partial charge is 0.295 e. The first-order valence-corrected chi connectivity index (χ1v) is 5.46. The predicted molar refractivity (Wildman–Crippen MR) is 55.6 cm³/mol. The first-order chi connectivity index (χ1) is 6.31. The Kier molecular flexibility index (Phi) is 2.24. The van der Waals surface area contributed by atoms with Crippen molar-refractivity contribution in [3.05, 3.63) is 28.2 Å². The van der Waals surface area contributed by atoms with Crippen molar-refractivity contribution in [2.75, 3.05) is 0 Å². The van der Waals surface area contributed by atoms with Gasteiger partial charge in [-0.15, -0.1) is 22.7 Å². The van der Waals surface area contributed by atoms with Gasteiger partial charge in [0.2, 0.25) is 0 Å². The summed E-state index contributed by atoms with van der Waals surface area (Å²) < 4.78 is 0. The maximum Gasteiger partial charge on any atom is 0.178 e. The van der Waals surface area contributed by atoms with Crippen LogP contribution in [0.25, 0.3) is 9.75 Å². The minimum absolute atomic E-state index is 0.544. The van der Waals surface area contributed by atoms with Gasteiger partial charge in [-0.2, -0.15) is 0 Å². The molecule has 0 saturated carbocycles. The number of nitrogens with zero attached hydrogens (tertiary/aromatic N) is 1. The third-order valence-corrected chi connectivity index (χ3v) is 3.83. The van der Waals surface area contributed by atoms with E-state index in [1.807, 2.05) is 5.38 Å². The zero-order valence-electron chi connectivity index (χ0n) is 6.98. The van der Waals surface area contributed by atoms with Crippen LogP contribution >= 0.6 is 22.7 Å². The maximum absolute atomic E-state index is 10.4. The number of aryl methyl sites for hydroxylation is 1. The van der Waals surface area contributed by atoms with Crippen LogP contribution in [0.15, 0.2) is 17.6 Å². The molecule has 0 radical (unpaired) electrons. The molecule has 2 rings (SSSR count). The summed E-state index contributed by atoms with van der Waals surface area (Å²) in [6, 6.07) is 2.07. The van der Waals surface area contributed by atoms with E-state index in [9.17, 15) is 4.79 Å². The normalized spacial score (nSPS) is 10.2. The highest BCUT2D eigenvalue weighted by Gasteiger charge is 2.06. The molecule has 0 spiro atoms. The van der Waals surface area contributed by atoms with Gasteiger partial charge in [-0.05, 0) is 23.9 Å². The zero-order valence-corrected chi connectivity index (χ0v) is 8.61. The number of thiophene rings is 1. The molecule has 0 aliphatic rings. The molecular weight excluding hydrogens is 202 g/mol. The van der Waals surface area contributed by atoms with Gasteiger partial charge in [0, 0.05) is 11.1 Å². The number of aldehydes is 1. The summed E-state index contributed by atoms with van der Waals surface area (Å²) in [6.45, 7) is 2.06. The molecule has 2 heterocycles. The van der Waals surface area contributed by atoms with Crippen LogP contribution in [0.1, 0.15) is 15.4 Å². The van der Waals surface area contributed by atoms with Crippen LogP contribution in [0, 0.1) is 6.92 Å². The molecule has 66 valence electrons. The standard InChI is InChI=1S/C9H7NOS2/c1-6-2-3-12-9(6)7-4-10-8(5-11)13-7/h2-5H,1H3. The summed E-state index contributed by atoms with van der Waals surface area (Å²) in [4.78, 5) is 16.7. The molecule has 2 nitrogen and oxygen atoms in total. The Hall–Kier alpha value is -1.00. The molecule has 0 saturated heterocycles. The number of rotatable bonds is 2. The highest BCUT2D eigenvalue weighted by molar-refractivity contribution is 7.22. The van der Waals surface area contributed by atoms with Crippen molar-refractivity contribution in [1.82, 2.24) is 4.98 Å². The second-order valence-corrected chi connectivity index (χ2v) is 4.59. The average molecular weight is 209 g/mol. The van der Waals surface area contributed by atoms with E-state index in [0.717, 1.165) is 11.2 Å². The molecule has 2 aromatic rings. The molecule has 0 amide bonds. The van der Waals surface area contributed by atoms with E-state index < -0.39 is 0 Å². The van der Waals surface area contributed by atoms with Crippen molar-refractivity contribution < 1.29 is 4.79 Å². The van der Waals surface area contributed by atoms with Gasteiger partial charge in [0.1, 0.15) is 0 Å². The average Bonchev–Trinajstić information content (AvgIpc) is 2.71. The third kappa shape index (κ3) is 1.55. The summed E-state index contributed by atoms with van der Waals surface area (Å²) in [6.07, 6.45) is 2.55. The molecule has 0 unspecified atom stereocenters. The molecule has 0 aliphatic heterocycles. The second-order valence-electron chi connectivity index (χ2n) is 2.61. The van der Waals surface area contributed by atoms with Crippen LogP contribution in [-0.4, -0.2) is 11.3 Å². The van der Waals surface area contributed by atoms with Gasteiger partial charge in [-0.3, -0.25) is 4.79 Å². The monoisotopic (exact) mass is 209 g/mol. The number of hydrogen-bond donors (Lipinski definition) is 0. The molecule has 13 heavy (non-hydrogen) atoms. The quantitative estimate of drug-likeness (QED) is 0.712. The van der Waals surface area contributed by atoms with E-state index in [2.05, 4.69) is 18.0 Å². The fourth-order valence-corrected chi connectivity index (χ4v) is 2.91. The lowest BCUT2D eigenvalue weighted by molar-refractivity contribution is 0.112. The highest BCUT2D eigenvalue weighted by atomic mass is 32.1. The van der Waals surface area contributed by atoms with Crippen molar-refractivity contribution in [1.29, 1.82) is 0 Å². The predicted octanol–water partition coefficient (Wildman–Crippen LogP) is 2.99. The van der Waals surface area contributed by atoms with Gasteiger partial charge >= 0.3 is 0 Å². The Morgan fingerprint density at radius 1 is 1.54 bits per heavy atom. The summed E-state index contributed by atoms with van der Waals surface area (Å²) in [5, 5.41) is 2.59. The summed E-state index contributed by atoms with van der Waals surface area (Å²) in [5.41, 5.74) is 1.24. The van der Waals surface area contributed by atoms with Gasteiger partial charge in [0.05, 0.1) is 4.88 Å². The minimum atomic E-state index is 0.544. The van der Waals surface area contributed by atoms with Gasteiger partial charge in [0.25, 0.3) is 0 Å². The first kappa shape index (κ1) is 8.59. The van der Waals surface area contributed by atoms with Crippen LogP contribution in [0.3, 0.4) is 0 Å². The molecule has 0 atom stereocenters. The van der Waals surface area contributed by atoms with Crippen LogP contribution in [0.2, 0.25) is 0 Å². The topological polar surface area (TPSA) is 30.0 Å². The lowest BCUT2D eigenvalue weighted by Crippen LogP contribution is -1.69. The Morgan fingerprint density at radius 2 is 2.38 bits per heavy atom. The highest BCUT2D eigenvalue weighted by Crippen LogP contribution is 2.32. The second kappa shape index (κ2) is 3.40. The molecule has 0 bridgehead atoms. The van der Waals surface area contributed by atoms with E-state index in [4.69, 9.17) is 0 Å². The van der Waals surface area contributed by atoms with Crippen molar-refractivity contribution in [2.24, 2.45) is 0 Å². The van der Waals surface area contributed by atoms with Crippen molar-refractivity contribution in [3.63, 3.8) is 0 Å². The van der Waals surface area contributed by atoms with E-state index in [0.29, 0.717) is 5.01 Å². The Bertz CT molecular complexity index is 430. The zero-order chi connectivity index (χ0) is 9.26. The number of carbonyl (C=O) groups excluding carboxylic acids is 1. The minimum Gasteiger partial charge on any atom is -0.295 e. The van der Waals surface area contributed by atoms with Crippen LogP contribution in [0.5, 0.6) is 0 Å². The van der Waals surface area contributed by atoms with Crippen LogP contribution in [0.4, 0.5) is 0 Å². The lowest BCUT2D eigenvalue weighted by Gasteiger charge is -1.90. The molecular formula is C9H7NOS2. The molecule has 0 aromatic carbocycles. The smallest absolute Gasteiger partial charge is 0.178 e.